The van der Waals surface area contributed by atoms with Crippen molar-refractivity contribution in [1.29, 1.82) is 0 Å². The normalized spacial score (nSPS) is 13.4. The molecule has 4 rings (SSSR count). The molecule has 4 aromatic rings. The van der Waals surface area contributed by atoms with E-state index in [9.17, 15) is 0 Å². The van der Waals surface area contributed by atoms with Crippen molar-refractivity contribution >= 4 is 43.1 Å². The molecule has 4 nitrogen and oxygen atoms in total. The van der Waals surface area contributed by atoms with Crippen LogP contribution in [0.2, 0.25) is 0 Å². The van der Waals surface area contributed by atoms with Gasteiger partial charge in [-0.2, -0.15) is 0 Å². The highest BCUT2D eigenvalue weighted by atomic mass is 33.1. The van der Waals surface area contributed by atoms with Crippen molar-refractivity contribution in [2.24, 2.45) is 0 Å². The third-order valence-corrected chi connectivity index (χ3v) is 7.64. The van der Waals surface area contributed by atoms with Gasteiger partial charge in [0.15, 0.2) is 0 Å². The fourth-order valence-corrected chi connectivity index (χ4v) is 6.10. The number of fused-ring (bicyclic) bond motifs is 2. The zero-order chi connectivity index (χ0) is 22.2. The van der Waals surface area contributed by atoms with Crippen LogP contribution in [0.4, 0.5) is 0 Å². The van der Waals surface area contributed by atoms with Crippen LogP contribution in [0.15, 0.2) is 73.1 Å². The Bertz CT molecular complexity index is 1050. The van der Waals surface area contributed by atoms with Crippen LogP contribution in [0.1, 0.15) is 37.4 Å². The molecule has 166 valence electrons. The number of pyridine rings is 2. The first-order valence-corrected chi connectivity index (χ1v) is 13.5. The van der Waals surface area contributed by atoms with Gasteiger partial charge >= 0.3 is 0 Å². The van der Waals surface area contributed by atoms with Crippen molar-refractivity contribution < 1.29 is 9.47 Å². The lowest BCUT2D eigenvalue weighted by atomic mass is 10.1. The van der Waals surface area contributed by atoms with Crippen molar-refractivity contribution in [3.63, 3.8) is 0 Å². The van der Waals surface area contributed by atoms with Gasteiger partial charge in [0, 0.05) is 47.9 Å². The fourth-order valence-electron chi connectivity index (χ4n) is 3.83. The van der Waals surface area contributed by atoms with Crippen LogP contribution in [-0.4, -0.2) is 34.7 Å². The first-order chi connectivity index (χ1) is 15.8. The van der Waals surface area contributed by atoms with E-state index in [0.717, 1.165) is 33.7 Å². The van der Waals surface area contributed by atoms with Crippen LogP contribution in [0.5, 0.6) is 0 Å². The van der Waals surface area contributed by atoms with Gasteiger partial charge in [-0.1, -0.05) is 70.1 Å². The van der Waals surface area contributed by atoms with Crippen LogP contribution >= 0.6 is 21.6 Å². The average molecular weight is 465 g/mol. The van der Waals surface area contributed by atoms with Gasteiger partial charge in [-0.3, -0.25) is 9.97 Å². The standard InChI is InChI=1S/C26H28N2O2S2/c1-3-29-23(25-21-11-7-5-9-19(21)13-15-27-25)17-31-32-18-24(30-4-2)26-22-12-8-6-10-20(22)14-16-28-26/h5-16,23-24H,3-4,17-18H2,1-2H3. The minimum absolute atomic E-state index is 0.0511. The predicted molar refractivity (Wildman–Crippen MR) is 137 cm³/mol. The zero-order valence-electron chi connectivity index (χ0n) is 18.4. The number of nitrogens with zero attached hydrogens (tertiary/aromatic N) is 2. The summed E-state index contributed by atoms with van der Waals surface area (Å²) in [5.74, 6) is 1.64. The second kappa shape index (κ2) is 11.7. The number of benzene rings is 2. The number of aromatic nitrogens is 2. The van der Waals surface area contributed by atoms with Crippen LogP contribution in [0.25, 0.3) is 21.5 Å². The summed E-state index contributed by atoms with van der Waals surface area (Å²) >= 11 is 0. The molecular formula is C26H28N2O2S2. The molecular weight excluding hydrogens is 436 g/mol. The molecule has 0 radical (unpaired) electrons. The van der Waals surface area contributed by atoms with Gasteiger partial charge in [0.2, 0.25) is 0 Å². The van der Waals surface area contributed by atoms with Crippen molar-refractivity contribution in [2.45, 2.75) is 26.1 Å². The lowest BCUT2D eigenvalue weighted by Crippen LogP contribution is -2.11. The van der Waals surface area contributed by atoms with Gasteiger partial charge in [-0.15, -0.1) is 0 Å². The minimum Gasteiger partial charge on any atom is -0.371 e. The van der Waals surface area contributed by atoms with E-state index in [0.29, 0.717) is 13.2 Å². The second-order valence-electron chi connectivity index (χ2n) is 7.29. The average Bonchev–Trinajstić information content (AvgIpc) is 2.84. The van der Waals surface area contributed by atoms with Crippen molar-refractivity contribution in [1.82, 2.24) is 9.97 Å². The second-order valence-corrected chi connectivity index (χ2v) is 9.84. The molecule has 0 N–H and O–H groups in total. The Balaban J connectivity index is 1.44. The summed E-state index contributed by atoms with van der Waals surface area (Å²) in [6.07, 6.45) is 3.65. The maximum absolute atomic E-state index is 6.09. The largest absolute Gasteiger partial charge is 0.371 e. The monoisotopic (exact) mass is 464 g/mol. The lowest BCUT2D eigenvalue weighted by Gasteiger charge is -2.20. The molecule has 0 fully saturated rings. The number of rotatable bonds is 11. The Kier molecular flexibility index (Phi) is 8.40. The molecule has 2 aromatic carbocycles. The quantitative estimate of drug-likeness (QED) is 0.175. The molecule has 2 heterocycles. The van der Waals surface area contributed by atoms with Gasteiger partial charge in [0.25, 0.3) is 0 Å². The van der Waals surface area contributed by atoms with Crippen molar-refractivity contribution in [3.05, 3.63) is 84.4 Å². The summed E-state index contributed by atoms with van der Waals surface area (Å²) in [5, 5.41) is 4.70. The summed E-state index contributed by atoms with van der Waals surface area (Å²) < 4.78 is 12.2. The molecule has 0 aliphatic rings. The Hall–Kier alpha value is -2.12. The first kappa shape index (κ1) is 23.1. The first-order valence-electron chi connectivity index (χ1n) is 11.0. The number of hydrogen-bond donors (Lipinski definition) is 0. The molecule has 2 aromatic heterocycles. The summed E-state index contributed by atoms with van der Waals surface area (Å²) in [6, 6.07) is 20.8. The Labute approximate surface area is 197 Å². The van der Waals surface area contributed by atoms with Crippen LogP contribution in [0, 0.1) is 0 Å². The third-order valence-electron chi connectivity index (χ3n) is 5.28. The molecule has 0 aliphatic heterocycles. The number of ether oxygens (including phenoxy) is 2. The molecule has 2 atom stereocenters. The molecule has 0 aliphatic carbocycles. The molecule has 0 amide bonds. The molecule has 2 unspecified atom stereocenters. The van der Waals surface area contributed by atoms with Crippen LogP contribution < -0.4 is 0 Å². The Morgan fingerprint density at radius 2 is 1.09 bits per heavy atom. The van der Waals surface area contributed by atoms with E-state index in [4.69, 9.17) is 9.47 Å². The highest BCUT2D eigenvalue weighted by molar-refractivity contribution is 8.76. The summed E-state index contributed by atoms with van der Waals surface area (Å²) in [6.45, 7) is 5.38. The van der Waals surface area contributed by atoms with Gasteiger partial charge in [-0.25, -0.2) is 0 Å². The Morgan fingerprint density at radius 3 is 1.53 bits per heavy atom. The molecule has 0 saturated carbocycles. The van der Waals surface area contributed by atoms with E-state index in [-0.39, 0.29) is 12.2 Å². The fraction of sp³-hybridized carbons (Fsp3) is 0.308. The minimum atomic E-state index is -0.0511. The van der Waals surface area contributed by atoms with Gasteiger partial charge in [-0.05, 0) is 36.8 Å². The van der Waals surface area contributed by atoms with Crippen LogP contribution in [-0.2, 0) is 9.47 Å². The van der Waals surface area contributed by atoms with E-state index in [2.05, 4.69) is 58.5 Å². The van der Waals surface area contributed by atoms with Gasteiger partial charge in [0.1, 0.15) is 12.2 Å². The molecule has 32 heavy (non-hydrogen) atoms. The highest BCUT2D eigenvalue weighted by Crippen LogP contribution is 2.36. The van der Waals surface area contributed by atoms with E-state index >= 15 is 0 Å². The smallest absolute Gasteiger partial charge is 0.110 e. The van der Waals surface area contributed by atoms with Gasteiger partial charge in [0.05, 0.1) is 11.4 Å². The Morgan fingerprint density at radius 1 is 0.656 bits per heavy atom. The topological polar surface area (TPSA) is 44.2 Å². The van der Waals surface area contributed by atoms with E-state index in [1.807, 2.05) is 38.4 Å². The zero-order valence-corrected chi connectivity index (χ0v) is 20.1. The highest BCUT2D eigenvalue weighted by Gasteiger charge is 2.19. The molecule has 6 heteroatoms. The third kappa shape index (κ3) is 5.44. The van der Waals surface area contributed by atoms with E-state index in [1.54, 1.807) is 21.6 Å². The van der Waals surface area contributed by atoms with E-state index in [1.165, 1.54) is 10.8 Å². The van der Waals surface area contributed by atoms with Crippen LogP contribution in [0.3, 0.4) is 0 Å². The predicted octanol–water partition coefficient (Wildman–Crippen LogP) is 7.02. The maximum atomic E-state index is 6.09. The summed E-state index contributed by atoms with van der Waals surface area (Å²) in [7, 11) is 3.61. The SMILES string of the molecule is CCOC(CSSCC(OCC)c1nccc2ccccc12)c1nccc2ccccc12. The lowest BCUT2D eigenvalue weighted by molar-refractivity contribution is 0.0774. The summed E-state index contributed by atoms with van der Waals surface area (Å²) in [4.78, 5) is 9.34. The maximum Gasteiger partial charge on any atom is 0.110 e. The van der Waals surface area contributed by atoms with Crippen molar-refractivity contribution in [2.75, 3.05) is 24.7 Å². The summed E-state index contributed by atoms with van der Waals surface area (Å²) in [5.41, 5.74) is 2.02. The molecule has 0 saturated heterocycles. The number of hydrogen-bond acceptors (Lipinski definition) is 6. The van der Waals surface area contributed by atoms with E-state index < -0.39 is 0 Å². The molecule has 0 bridgehead atoms. The van der Waals surface area contributed by atoms with Gasteiger partial charge < -0.3 is 9.47 Å². The molecule has 0 spiro atoms. The van der Waals surface area contributed by atoms with Crippen molar-refractivity contribution in [3.8, 4) is 0 Å².